The molecule has 2 N–H and O–H groups in total. The number of carbonyl (C=O) groups excluding carboxylic acids is 1. The van der Waals surface area contributed by atoms with Crippen molar-refractivity contribution in [1.29, 1.82) is 0 Å². The first-order valence-electron chi connectivity index (χ1n) is 8.51. The molecule has 1 aromatic carbocycles. The Bertz CT molecular complexity index is 745. The molecular weight excluding hydrogens is 358 g/mol. The van der Waals surface area contributed by atoms with E-state index in [2.05, 4.69) is 15.5 Å². The van der Waals surface area contributed by atoms with Gasteiger partial charge in [-0.1, -0.05) is 37.0 Å². The minimum Gasteiger partial charge on any atom is -0.480 e. The van der Waals surface area contributed by atoms with E-state index in [4.69, 9.17) is 16.1 Å². The Labute approximate surface area is 156 Å². The van der Waals surface area contributed by atoms with Crippen molar-refractivity contribution in [2.75, 3.05) is 0 Å². The van der Waals surface area contributed by atoms with Crippen molar-refractivity contribution in [3.05, 3.63) is 35.2 Å². The molecule has 26 heavy (non-hydrogen) atoms. The number of hydrogen-bond donors (Lipinski definition) is 2. The summed E-state index contributed by atoms with van der Waals surface area (Å²) in [5.41, 5.74) is 0.792. The van der Waals surface area contributed by atoms with Crippen LogP contribution in [-0.2, 0) is 16.0 Å². The maximum Gasteiger partial charge on any atom is 0.326 e. The van der Waals surface area contributed by atoms with Gasteiger partial charge in [-0.25, -0.2) is 4.79 Å². The van der Waals surface area contributed by atoms with Crippen LogP contribution in [0.3, 0.4) is 0 Å². The lowest BCUT2D eigenvalue weighted by Gasteiger charge is -2.19. The van der Waals surface area contributed by atoms with Gasteiger partial charge in [0.25, 0.3) is 0 Å². The molecule has 1 heterocycles. The normalized spacial score (nSPS) is 13.2. The SMILES string of the molecule is CCC(C)C(NC(=O)CCCc1nc(-c2ccc(Cl)cc2)no1)C(=O)O. The summed E-state index contributed by atoms with van der Waals surface area (Å²) in [5.74, 6) is -0.551. The highest BCUT2D eigenvalue weighted by atomic mass is 35.5. The molecule has 1 aromatic heterocycles. The molecule has 0 aliphatic carbocycles. The van der Waals surface area contributed by atoms with Gasteiger partial charge >= 0.3 is 5.97 Å². The average Bonchev–Trinajstić information content (AvgIpc) is 3.08. The van der Waals surface area contributed by atoms with Crippen molar-refractivity contribution in [2.45, 2.75) is 45.6 Å². The number of carboxylic acid groups (broad SMARTS) is 1. The summed E-state index contributed by atoms with van der Waals surface area (Å²) in [6.07, 6.45) is 1.79. The fourth-order valence-electron chi connectivity index (χ4n) is 2.40. The second-order valence-electron chi connectivity index (χ2n) is 6.14. The number of carboxylic acids is 1. The molecule has 0 spiro atoms. The minimum absolute atomic E-state index is 0.130. The Morgan fingerprint density at radius 1 is 1.31 bits per heavy atom. The van der Waals surface area contributed by atoms with Crippen molar-refractivity contribution in [1.82, 2.24) is 15.5 Å². The van der Waals surface area contributed by atoms with Crippen LogP contribution in [0.25, 0.3) is 11.4 Å². The highest BCUT2D eigenvalue weighted by molar-refractivity contribution is 6.30. The molecule has 2 atom stereocenters. The van der Waals surface area contributed by atoms with Crippen molar-refractivity contribution < 1.29 is 19.2 Å². The molecule has 2 aromatic rings. The second-order valence-corrected chi connectivity index (χ2v) is 6.58. The third kappa shape index (κ3) is 5.56. The van der Waals surface area contributed by atoms with Crippen molar-refractivity contribution in [3.63, 3.8) is 0 Å². The Kier molecular flexibility index (Phi) is 7.15. The Morgan fingerprint density at radius 2 is 2.00 bits per heavy atom. The second kappa shape index (κ2) is 9.33. The number of amides is 1. The van der Waals surface area contributed by atoms with Crippen LogP contribution in [0.2, 0.25) is 5.02 Å². The van der Waals surface area contributed by atoms with Crippen LogP contribution in [0.1, 0.15) is 39.0 Å². The molecule has 0 bridgehead atoms. The third-order valence-corrected chi connectivity index (χ3v) is 4.41. The number of benzene rings is 1. The largest absolute Gasteiger partial charge is 0.480 e. The molecule has 0 aliphatic heterocycles. The summed E-state index contributed by atoms with van der Waals surface area (Å²) in [7, 11) is 0. The Balaban J connectivity index is 1.83. The molecular formula is C18H22ClN3O4. The molecule has 140 valence electrons. The quantitative estimate of drug-likeness (QED) is 0.692. The van der Waals surface area contributed by atoms with Crippen LogP contribution in [0.4, 0.5) is 0 Å². The number of halogens is 1. The zero-order chi connectivity index (χ0) is 19.1. The van der Waals surface area contributed by atoms with Gasteiger partial charge in [-0.3, -0.25) is 4.79 Å². The highest BCUT2D eigenvalue weighted by Gasteiger charge is 2.25. The number of nitrogens with one attached hydrogen (secondary N) is 1. The van der Waals surface area contributed by atoms with Crippen LogP contribution < -0.4 is 5.32 Å². The van der Waals surface area contributed by atoms with E-state index in [-0.39, 0.29) is 18.2 Å². The van der Waals surface area contributed by atoms with E-state index in [1.807, 2.05) is 6.92 Å². The number of aromatic nitrogens is 2. The zero-order valence-corrected chi connectivity index (χ0v) is 15.5. The maximum absolute atomic E-state index is 12.0. The molecule has 7 nitrogen and oxygen atoms in total. The lowest BCUT2D eigenvalue weighted by molar-refractivity contribution is -0.143. The van der Waals surface area contributed by atoms with E-state index < -0.39 is 12.0 Å². The fraction of sp³-hybridized carbons (Fsp3) is 0.444. The van der Waals surface area contributed by atoms with E-state index in [0.29, 0.717) is 36.0 Å². The van der Waals surface area contributed by atoms with Gasteiger partial charge in [0.15, 0.2) is 0 Å². The molecule has 8 heteroatoms. The van der Waals surface area contributed by atoms with Gasteiger partial charge in [0, 0.05) is 23.4 Å². The number of carbonyl (C=O) groups is 2. The van der Waals surface area contributed by atoms with E-state index in [1.165, 1.54) is 0 Å². The Morgan fingerprint density at radius 3 is 2.62 bits per heavy atom. The monoisotopic (exact) mass is 379 g/mol. The van der Waals surface area contributed by atoms with Gasteiger partial charge in [0.1, 0.15) is 6.04 Å². The highest BCUT2D eigenvalue weighted by Crippen LogP contribution is 2.19. The summed E-state index contributed by atoms with van der Waals surface area (Å²) < 4.78 is 5.19. The summed E-state index contributed by atoms with van der Waals surface area (Å²) in [5, 5.41) is 16.3. The number of aryl methyl sites for hydroxylation is 1. The number of aliphatic carboxylic acids is 1. The predicted molar refractivity (Wildman–Crippen MR) is 96.7 cm³/mol. The molecule has 0 fully saturated rings. The lowest BCUT2D eigenvalue weighted by atomic mass is 9.99. The van der Waals surface area contributed by atoms with Gasteiger partial charge in [-0.15, -0.1) is 0 Å². The topological polar surface area (TPSA) is 105 Å². The van der Waals surface area contributed by atoms with Crippen molar-refractivity contribution in [2.24, 2.45) is 5.92 Å². The standard InChI is InChI=1S/C18H22ClN3O4/c1-3-11(2)16(18(24)25)20-14(23)5-4-6-15-21-17(22-26-15)12-7-9-13(19)10-8-12/h7-11,16H,3-6H2,1-2H3,(H,20,23)(H,24,25). The molecule has 0 saturated heterocycles. The molecule has 0 saturated carbocycles. The molecule has 1 amide bonds. The summed E-state index contributed by atoms with van der Waals surface area (Å²) in [6.45, 7) is 3.69. The number of nitrogens with zero attached hydrogens (tertiary/aromatic N) is 2. The maximum atomic E-state index is 12.0. The van der Waals surface area contributed by atoms with Gasteiger partial charge in [0.05, 0.1) is 0 Å². The van der Waals surface area contributed by atoms with Crippen molar-refractivity contribution in [3.8, 4) is 11.4 Å². The molecule has 2 unspecified atom stereocenters. The third-order valence-electron chi connectivity index (χ3n) is 4.16. The molecule has 0 radical (unpaired) electrons. The summed E-state index contributed by atoms with van der Waals surface area (Å²) in [6, 6.07) is 6.21. The van der Waals surface area contributed by atoms with Crippen molar-refractivity contribution >= 4 is 23.5 Å². The smallest absolute Gasteiger partial charge is 0.326 e. The van der Waals surface area contributed by atoms with Crippen LogP contribution >= 0.6 is 11.6 Å². The molecule has 2 rings (SSSR count). The summed E-state index contributed by atoms with van der Waals surface area (Å²) in [4.78, 5) is 27.5. The first kappa shape index (κ1) is 19.9. The van der Waals surface area contributed by atoms with Crippen LogP contribution in [0.15, 0.2) is 28.8 Å². The van der Waals surface area contributed by atoms with E-state index >= 15 is 0 Å². The van der Waals surface area contributed by atoms with Crippen LogP contribution in [-0.4, -0.2) is 33.2 Å². The molecule has 0 aliphatic rings. The van der Waals surface area contributed by atoms with Crippen LogP contribution in [0, 0.1) is 5.92 Å². The zero-order valence-electron chi connectivity index (χ0n) is 14.7. The fourth-order valence-corrected chi connectivity index (χ4v) is 2.53. The van der Waals surface area contributed by atoms with Gasteiger partial charge in [-0.05, 0) is 36.6 Å². The minimum atomic E-state index is -1.02. The van der Waals surface area contributed by atoms with E-state index in [1.54, 1.807) is 31.2 Å². The number of hydrogen-bond acceptors (Lipinski definition) is 5. The average molecular weight is 380 g/mol. The number of rotatable bonds is 9. The van der Waals surface area contributed by atoms with Gasteiger partial charge in [-0.2, -0.15) is 4.98 Å². The Hall–Kier alpha value is -2.41. The summed E-state index contributed by atoms with van der Waals surface area (Å²) >= 11 is 5.85. The first-order chi connectivity index (χ1) is 12.4. The van der Waals surface area contributed by atoms with E-state index in [9.17, 15) is 14.7 Å². The lowest BCUT2D eigenvalue weighted by Crippen LogP contribution is -2.44. The predicted octanol–water partition coefficient (Wildman–Crippen LogP) is 3.33. The van der Waals surface area contributed by atoms with E-state index in [0.717, 1.165) is 5.56 Å². The van der Waals surface area contributed by atoms with Crippen LogP contribution in [0.5, 0.6) is 0 Å². The first-order valence-corrected chi connectivity index (χ1v) is 8.89. The van der Waals surface area contributed by atoms with Gasteiger partial charge in [0.2, 0.25) is 17.6 Å². The van der Waals surface area contributed by atoms with Gasteiger partial charge < -0.3 is 14.9 Å².